The van der Waals surface area contributed by atoms with Gasteiger partial charge in [-0.05, 0) is 38.3 Å². The molecule has 2 heteroatoms. The Kier molecular flexibility index (Phi) is 3.97. The molecule has 1 aromatic rings. The van der Waals surface area contributed by atoms with E-state index in [1.165, 1.54) is 24.9 Å². The lowest BCUT2D eigenvalue weighted by atomic mass is 10.1. The Morgan fingerprint density at radius 2 is 2.12 bits per heavy atom. The first kappa shape index (κ1) is 11.6. The summed E-state index contributed by atoms with van der Waals surface area (Å²) in [7, 11) is 0. The van der Waals surface area contributed by atoms with E-state index < -0.39 is 0 Å². The Labute approximate surface area is 97.9 Å². The molecule has 0 bridgehead atoms. The highest BCUT2D eigenvalue weighted by Gasteiger charge is 2.28. The Bertz CT molecular complexity index is 312. The summed E-state index contributed by atoms with van der Waals surface area (Å²) in [6.07, 6.45) is 3.41. The topological polar surface area (TPSA) is 23.5 Å². The first-order valence-corrected chi connectivity index (χ1v) is 6.24. The van der Waals surface area contributed by atoms with Crippen molar-refractivity contribution in [3.8, 4) is 0 Å². The van der Waals surface area contributed by atoms with Crippen molar-refractivity contribution in [2.45, 2.75) is 38.3 Å². The molecule has 1 aromatic carbocycles. The lowest BCUT2D eigenvalue weighted by Gasteiger charge is -2.30. The molecule has 88 valence electrons. The zero-order valence-corrected chi connectivity index (χ0v) is 9.97. The molecule has 1 fully saturated rings. The minimum absolute atomic E-state index is 0.308. The lowest BCUT2D eigenvalue weighted by molar-refractivity contribution is 0.157. The molecule has 1 heterocycles. The lowest BCUT2D eigenvalue weighted by Crippen LogP contribution is -2.32. The van der Waals surface area contributed by atoms with Crippen LogP contribution in [0.25, 0.3) is 0 Å². The second-order valence-corrected chi connectivity index (χ2v) is 4.63. The van der Waals surface area contributed by atoms with E-state index in [0.717, 1.165) is 6.42 Å². The van der Waals surface area contributed by atoms with E-state index in [4.69, 9.17) is 5.11 Å². The molecule has 0 saturated carbocycles. The quantitative estimate of drug-likeness (QED) is 0.841. The molecule has 0 aliphatic carbocycles. The van der Waals surface area contributed by atoms with Crippen LogP contribution in [0.4, 0.5) is 0 Å². The fourth-order valence-electron chi connectivity index (χ4n) is 2.75. The second kappa shape index (κ2) is 5.46. The van der Waals surface area contributed by atoms with E-state index in [-0.39, 0.29) is 0 Å². The minimum Gasteiger partial charge on any atom is -0.396 e. The van der Waals surface area contributed by atoms with Crippen molar-refractivity contribution in [1.29, 1.82) is 0 Å². The third-order valence-electron chi connectivity index (χ3n) is 3.66. The summed E-state index contributed by atoms with van der Waals surface area (Å²) >= 11 is 0. The Morgan fingerprint density at radius 1 is 1.38 bits per heavy atom. The summed E-state index contributed by atoms with van der Waals surface area (Å²) in [6.45, 7) is 3.74. The van der Waals surface area contributed by atoms with Gasteiger partial charge in [0.25, 0.3) is 0 Å². The minimum atomic E-state index is 0.308. The van der Waals surface area contributed by atoms with E-state index in [1.807, 2.05) is 0 Å². The zero-order chi connectivity index (χ0) is 11.4. The third-order valence-corrected chi connectivity index (χ3v) is 3.66. The number of aliphatic hydroxyl groups excluding tert-OH is 1. The molecule has 2 unspecified atom stereocenters. The van der Waals surface area contributed by atoms with Gasteiger partial charge in [0.05, 0.1) is 0 Å². The van der Waals surface area contributed by atoms with Crippen LogP contribution in [0.2, 0.25) is 0 Å². The molecule has 0 amide bonds. The van der Waals surface area contributed by atoms with Gasteiger partial charge in [-0.2, -0.15) is 0 Å². The van der Waals surface area contributed by atoms with Crippen LogP contribution in [-0.4, -0.2) is 29.2 Å². The van der Waals surface area contributed by atoms with Crippen LogP contribution in [0, 0.1) is 0 Å². The molecule has 16 heavy (non-hydrogen) atoms. The number of benzene rings is 1. The Morgan fingerprint density at radius 3 is 2.81 bits per heavy atom. The van der Waals surface area contributed by atoms with E-state index >= 15 is 0 Å². The van der Waals surface area contributed by atoms with Gasteiger partial charge in [0.1, 0.15) is 0 Å². The van der Waals surface area contributed by atoms with Crippen molar-refractivity contribution in [3.63, 3.8) is 0 Å². The third kappa shape index (κ3) is 2.45. The van der Waals surface area contributed by atoms with Gasteiger partial charge in [-0.1, -0.05) is 30.3 Å². The van der Waals surface area contributed by atoms with Crippen molar-refractivity contribution in [2.75, 3.05) is 13.2 Å². The van der Waals surface area contributed by atoms with Crippen molar-refractivity contribution >= 4 is 0 Å². The van der Waals surface area contributed by atoms with E-state index in [9.17, 15) is 0 Å². The van der Waals surface area contributed by atoms with E-state index in [2.05, 4.69) is 42.2 Å². The number of rotatable bonds is 4. The number of likely N-dealkylation sites (tertiary alicyclic amines) is 1. The van der Waals surface area contributed by atoms with Crippen molar-refractivity contribution in [2.24, 2.45) is 0 Å². The summed E-state index contributed by atoms with van der Waals surface area (Å²) in [5.41, 5.74) is 1.38. The summed E-state index contributed by atoms with van der Waals surface area (Å²) in [6, 6.07) is 11.7. The standard InChI is InChI=1S/C14H21NO/c1-12(13-6-3-2-4-7-13)15-10-5-8-14(15)9-11-16/h2-4,6-7,12,14,16H,5,8-11H2,1H3. The zero-order valence-electron chi connectivity index (χ0n) is 9.97. The van der Waals surface area contributed by atoms with Gasteiger partial charge in [-0.3, -0.25) is 4.90 Å². The van der Waals surface area contributed by atoms with Gasteiger partial charge in [0, 0.05) is 18.7 Å². The Hall–Kier alpha value is -0.860. The largest absolute Gasteiger partial charge is 0.396 e. The molecule has 2 atom stereocenters. The molecule has 1 saturated heterocycles. The molecule has 0 radical (unpaired) electrons. The van der Waals surface area contributed by atoms with Crippen molar-refractivity contribution < 1.29 is 5.11 Å². The van der Waals surface area contributed by atoms with Gasteiger partial charge >= 0.3 is 0 Å². The normalized spacial score (nSPS) is 23.5. The van der Waals surface area contributed by atoms with Gasteiger partial charge in [0.2, 0.25) is 0 Å². The van der Waals surface area contributed by atoms with Crippen LogP contribution in [0.15, 0.2) is 30.3 Å². The predicted octanol–water partition coefficient (Wildman–Crippen LogP) is 2.59. The number of aliphatic hydroxyl groups is 1. The summed E-state index contributed by atoms with van der Waals surface area (Å²) in [4.78, 5) is 2.53. The predicted molar refractivity (Wildman–Crippen MR) is 66.3 cm³/mol. The van der Waals surface area contributed by atoms with Crippen LogP contribution in [0.5, 0.6) is 0 Å². The molecule has 1 aliphatic heterocycles. The Balaban J connectivity index is 2.06. The fourth-order valence-corrected chi connectivity index (χ4v) is 2.75. The molecule has 1 N–H and O–H groups in total. The molecule has 2 rings (SSSR count). The maximum absolute atomic E-state index is 9.07. The molecular formula is C14H21NO. The fraction of sp³-hybridized carbons (Fsp3) is 0.571. The molecule has 2 nitrogen and oxygen atoms in total. The average molecular weight is 219 g/mol. The highest BCUT2D eigenvalue weighted by atomic mass is 16.3. The summed E-state index contributed by atoms with van der Waals surface area (Å²) < 4.78 is 0. The maximum atomic E-state index is 9.07. The van der Waals surface area contributed by atoms with Crippen LogP contribution in [0.1, 0.15) is 37.8 Å². The number of hydrogen-bond acceptors (Lipinski definition) is 2. The van der Waals surface area contributed by atoms with Gasteiger partial charge < -0.3 is 5.11 Å². The van der Waals surface area contributed by atoms with Crippen LogP contribution in [-0.2, 0) is 0 Å². The van der Waals surface area contributed by atoms with Crippen LogP contribution in [0.3, 0.4) is 0 Å². The first-order chi connectivity index (χ1) is 7.83. The molecular weight excluding hydrogens is 198 g/mol. The first-order valence-electron chi connectivity index (χ1n) is 6.24. The average Bonchev–Trinajstić information content (AvgIpc) is 2.78. The van der Waals surface area contributed by atoms with E-state index in [0.29, 0.717) is 18.7 Å². The SMILES string of the molecule is CC(c1ccccc1)N1CCCC1CCO. The van der Waals surface area contributed by atoms with Gasteiger partial charge in [-0.25, -0.2) is 0 Å². The maximum Gasteiger partial charge on any atom is 0.0445 e. The highest BCUT2D eigenvalue weighted by Crippen LogP contribution is 2.30. The van der Waals surface area contributed by atoms with Gasteiger partial charge in [0.15, 0.2) is 0 Å². The summed E-state index contributed by atoms with van der Waals surface area (Å²) in [5, 5.41) is 9.07. The molecule has 0 aromatic heterocycles. The number of nitrogens with zero attached hydrogens (tertiary/aromatic N) is 1. The van der Waals surface area contributed by atoms with Gasteiger partial charge in [-0.15, -0.1) is 0 Å². The van der Waals surface area contributed by atoms with Crippen molar-refractivity contribution in [1.82, 2.24) is 4.90 Å². The smallest absolute Gasteiger partial charge is 0.0445 e. The summed E-state index contributed by atoms with van der Waals surface area (Å²) in [5.74, 6) is 0. The van der Waals surface area contributed by atoms with Crippen molar-refractivity contribution in [3.05, 3.63) is 35.9 Å². The monoisotopic (exact) mass is 219 g/mol. The second-order valence-electron chi connectivity index (χ2n) is 4.63. The van der Waals surface area contributed by atoms with E-state index in [1.54, 1.807) is 0 Å². The molecule has 1 aliphatic rings. The molecule has 0 spiro atoms. The highest BCUT2D eigenvalue weighted by molar-refractivity contribution is 5.18. The van der Waals surface area contributed by atoms with Crippen LogP contribution >= 0.6 is 0 Å². The number of hydrogen-bond donors (Lipinski definition) is 1. The van der Waals surface area contributed by atoms with Crippen LogP contribution < -0.4 is 0 Å².